The van der Waals surface area contributed by atoms with E-state index in [1.807, 2.05) is 25.4 Å². The molecule has 23 heavy (non-hydrogen) atoms. The predicted molar refractivity (Wildman–Crippen MR) is 94.1 cm³/mol. The quantitative estimate of drug-likeness (QED) is 0.757. The van der Waals surface area contributed by atoms with E-state index in [1.165, 1.54) is 18.2 Å². The summed E-state index contributed by atoms with van der Waals surface area (Å²) in [7, 11) is 1.36. The molecule has 130 valence electrons. The van der Waals surface area contributed by atoms with Gasteiger partial charge in [0.2, 0.25) is 0 Å². The lowest BCUT2D eigenvalue weighted by molar-refractivity contribution is 0.206. The second-order valence-corrected chi connectivity index (χ2v) is 9.36. The van der Waals surface area contributed by atoms with E-state index in [0.29, 0.717) is 12.0 Å². The highest BCUT2D eigenvalue weighted by Gasteiger charge is 2.33. The fourth-order valence-corrected chi connectivity index (χ4v) is 5.01. The van der Waals surface area contributed by atoms with Crippen molar-refractivity contribution in [2.75, 3.05) is 45.7 Å². The lowest BCUT2D eigenvalue weighted by Crippen LogP contribution is -2.34. The van der Waals surface area contributed by atoms with Gasteiger partial charge in [-0.25, -0.2) is 8.42 Å². The van der Waals surface area contributed by atoms with Crippen molar-refractivity contribution in [2.45, 2.75) is 19.4 Å². The Balaban J connectivity index is 1.95. The molecular weight excluding hydrogens is 310 g/mol. The molecule has 0 N–H and O–H groups in total. The fraction of sp³-hybridized carbons (Fsp3) is 0.706. The summed E-state index contributed by atoms with van der Waals surface area (Å²) in [6.45, 7) is 4.90. The largest absolute Gasteiger partial charge is 0.306 e. The number of nitrogens with zero attached hydrogens (tertiary/aromatic N) is 3. The van der Waals surface area contributed by atoms with Crippen molar-refractivity contribution in [3.8, 4) is 0 Å². The molecule has 1 fully saturated rings. The Morgan fingerprint density at radius 3 is 2.83 bits per heavy atom. The van der Waals surface area contributed by atoms with Gasteiger partial charge in [-0.1, -0.05) is 13.0 Å². The first kappa shape index (κ1) is 18.4. The molecule has 0 aliphatic carbocycles. The molecule has 1 aliphatic heterocycles. The first-order chi connectivity index (χ1) is 10.8. The third-order valence-corrected chi connectivity index (χ3v) is 5.73. The second kappa shape index (κ2) is 7.73. The van der Waals surface area contributed by atoms with Gasteiger partial charge in [-0.05, 0) is 50.5 Å². The summed E-state index contributed by atoms with van der Waals surface area (Å²) in [6, 6.07) is 4.55. The zero-order chi connectivity index (χ0) is 17.0. The molecule has 0 amide bonds. The van der Waals surface area contributed by atoms with Crippen LogP contribution in [0.1, 0.15) is 24.9 Å². The van der Waals surface area contributed by atoms with E-state index < -0.39 is 9.84 Å². The molecule has 0 aromatic carbocycles. The zero-order valence-corrected chi connectivity index (χ0v) is 15.5. The molecule has 3 atom stereocenters. The summed E-state index contributed by atoms with van der Waals surface area (Å²) in [4.78, 5) is 8.94. The second-order valence-electron chi connectivity index (χ2n) is 7.18. The van der Waals surface area contributed by atoms with Crippen LogP contribution in [0.2, 0.25) is 0 Å². The Labute approximate surface area is 140 Å². The third kappa shape index (κ3) is 5.55. The molecule has 2 heterocycles. The van der Waals surface area contributed by atoms with E-state index in [1.54, 1.807) is 0 Å². The monoisotopic (exact) mass is 339 g/mol. The van der Waals surface area contributed by atoms with Crippen molar-refractivity contribution < 1.29 is 8.42 Å². The predicted octanol–water partition coefficient (Wildman–Crippen LogP) is 1.69. The number of aromatic nitrogens is 1. The van der Waals surface area contributed by atoms with Crippen LogP contribution in [0, 0.1) is 11.8 Å². The highest BCUT2D eigenvalue weighted by Crippen LogP contribution is 2.36. The number of hydrogen-bond acceptors (Lipinski definition) is 5. The molecule has 0 radical (unpaired) electrons. The number of pyridine rings is 1. The molecule has 5 nitrogen and oxygen atoms in total. The first-order valence-electron chi connectivity index (χ1n) is 8.22. The van der Waals surface area contributed by atoms with E-state index in [4.69, 9.17) is 0 Å². The van der Waals surface area contributed by atoms with Gasteiger partial charge in [0, 0.05) is 37.8 Å². The van der Waals surface area contributed by atoms with E-state index in [-0.39, 0.29) is 11.7 Å². The van der Waals surface area contributed by atoms with Crippen molar-refractivity contribution in [1.82, 2.24) is 14.8 Å². The van der Waals surface area contributed by atoms with Gasteiger partial charge < -0.3 is 4.90 Å². The van der Waals surface area contributed by atoms with Crippen LogP contribution in [0.4, 0.5) is 0 Å². The molecule has 1 unspecified atom stereocenters. The minimum atomic E-state index is -2.90. The van der Waals surface area contributed by atoms with Crippen LogP contribution in [0.3, 0.4) is 0 Å². The molecule has 1 saturated heterocycles. The molecule has 1 aromatic heterocycles. The maximum absolute atomic E-state index is 11.4. The topological polar surface area (TPSA) is 53.5 Å². The Morgan fingerprint density at radius 2 is 2.22 bits per heavy atom. The van der Waals surface area contributed by atoms with Crippen LogP contribution in [-0.2, 0) is 9.84 Å². The highest BCUT2D eigenvalue weighted by molar-refractivity contribution is 7.90. The number of sulfone groups is 1. The third-order valence-electron chi connectivity index (χ3n) is 4.56. The smallest absolute Gasteiger partial charge is 0.147 e. The fourth-order valence-electron chi connectivity index (χ4n) is 3.87. The van der Waals surface area contributed by atoms with E-state index in [2.05, 4.69) is 34.9 Å². The Bertz CT molecular complexity index is 591. The van der Waals surface area contributed by atoms with Crippen LogP contribution in [0.15, 0.2) is 24.5 Å². The van der Waals surface area contributed by atoms with Crippen molar-refractivity contribution in [3.63, 3.8) is 0 Å². The summed E-state index contributed by atoms with van der Waals surface area (Å²) < 4.78 is 22.8. The van der Waals surface area contributed by atoms with E-state index in [0.717, 1.165) is 19.6 Å². The molecule has 0 bridgehead atoms. The first-order valence-corrected chi connectivity index (χ1v) is 10.3. The number of likely N-dealkylation sites (tertiary alicyclic amines) is 1. The van der Waals surface area contributed by atoms with Crippen molar-refractivity contribution in [2.24, 2.45) is 11.8 Å². The lowest BCUT2D eigenvalue weighted by Gasteiger charge is -2.29. The molecule has 2 rings (SSSR count). The van der Waals surface area contributed by atoms with Crippen LogP contribution >= 0.6 is 0 Å². The molecular formula is C17H29N3O2S. The highest BCUT2D eigenvalue weighted by atomic mass is 32.2. The van der Waals surface area contributed by atoms with Gasteiger partial charge in [0.15, 0.2) is 0 Å². The molecule has 6 heteroatoms. The molecule has 0 saturated carbocycles. The SMILES string of the molecule is CC(CN(C)C[C@@H]1CCN(C)[C@H]1c1cccnc1)CS(C)(=O)=O. The average molecular weight is 340 g/mol. The maximum atomic E-state index is 11.4. The van der Waals surface area contributed by atoms with Crippen molar-refractivity contribution in [1.29, 1.82) is 0 Å². The minimum absolute atomic E-state index is 0.158. The normalized spacial score (nSPS) is 24.2. The van der Waals surface area contributed by atoms with Crippen LogP contribution in [0.25, 0.3) is 0 Å². The average Bonchev–Trinajstić information content (AvgIpc) is 2.78. The Hall–Kier alpha value is -0.980. The van der Waals surface area contributed by atoms with Gasteiger partial charge >= 0.3 is 0 Å². The van der Waals surface area contributed by atoms with Crippen LogP contribution in [0.5, 0.6) is 0 Å². The van der Waals surface area contributed by atoms with Crippen molar-refractivity contribution >= 4 is 9.84 Å². The van der Waals surface area contributed by atoms with Gasteiger partial charge in [-0.2, -0.15) is 0 Å². The van der Waals surface area contributed by atoms with Crippen LogP contribution in [-0.4, -0.2) is 68.9 Å². The Morgan fingerprint density at radius 1 is 1.48 bits per heavy atom. The van der Waals surface area contributed by atoms with Gasteiger partial charge in [0.25, 0.3) is 0 Å². The van der Waals surface area contributed by atoms with Crippen molar-refractivity contribution in [3.05, 3.63) is 30.1 Å². The molecule has 0 spiro atoms. The zero-order valence-electron chi connectivity index (χ0n) is 14.6. The van der Waals surface area contributed by atoms with Gasteiger partial charge in [-0.3, -0.25) is 9.88 Å². The van der Waals surface area contributed by atoms with Gasteiger partial charge in [-0.15, -0.1) is 0 Å². The summed E-state index contributed by atoms with van der Waals surface area (Å²) in [5.74, 6) is 0.971. The maximum Gasteiger partial charge on any atom is 0.147 e. The summed E-state index contributed by atoms with van der Waals surface area (Å²) in [5.41, 5.74) is 1.27. The van der Waals surface area contributed by atoms with Gasteiger partial charge in [0.1, 0.15) is 9.84 Å². The van der Waals surface area contributed by atoms with E-state index >= 15 is 0 Å². The molecule has 1 aliphatic rings. The van der Waals surface area contributed by atoms with Gasteiger partial charge in [0.05, 0.1) is 5.75 Å². The lowest BCUT2D eigenvalue weighted by atomic mass is 9.94. The summed E-state index contributed by atoms with van der Waals surface area (Å²) in [6.07, 6.45) is 6.26. The number of hydrogen-bond donors (Lipinski definition) is 0. The minimum Gasteiger partial charge on any atom is -0.306 e. The summed E-state index contributed by atoms with van der Waals surface area (Å²) >= 11 is 0. The number of rotatable bonds is 7. The van der Waals surface area contributed by atoms with E-state index in [9.17, 15) is 8.42 Å². The standard InChI is InChI=1S/C17H29N3O2S/c1-14(13-23(4,21)22)11-19(2)12-16-7-9-20(3)17(16)15-6-5-8-18-10-15/h5-6,8,10,14,16-17H,7,9,11-13H2,1-4H3/t14?,16-,17-/m0/s1. The molecule has 1 aromatic rings. The summed E-state index contributed by atoms with van der Waals surface area (Å²) in [5, 5.41) is 0. The Kier molecular flexibility index (Phi) is 6.17. The van der Waals surface area contributed by atoms with Crippen LogP contribution < -0.4 is 0 Å².